The zero-order chi connectivity index (χ0) is 26.1. The number of ether oxygens (including phenoxy) is 5. The minimum atomic E-state index is -2.10. The number of rotatable bonds is 11. The van der Waals surface area contributed by atoms with Crippen molar-refractivity contribution in [2.75, 3.05) is 34.5 Å². The molecule has 1 saturated heterocycles. The first-order valence-electron chi connectivity index (χ1n) is 12.6. The van der Waals surface area contributed by atoms with Crippen molar-refractivity contribution in [1.29, 1.82) is 0 Å². The minimum absolute atomic E-state index is 0.0599. The van der Waals surface area contributed by atoms with Crippen molar-refractivity contribution in [3.63, 3.8) is 0 Å². The van der Waals surface area contributed by atoms with Crippen LogP contribution in [0.1, 0.15) is 46.1 Å². The van der Waals surface area contributed by atoms with Crippen LogP contribution in [0.3, 0.4) is 0 Å². The van der Waals surface area contributed by atoms with E-state index in [0.29, 0.717) is 32.7 Å². The van der Waals surface area contributed by atoms with Crippen molar-refractivity contribution >= 4 is 8.32 Å². The normalized spacial score (nSPS) is 31.2. The van der Waals surface area contributed by atoms with Gasteiger partial charge in [-0.25, -0.2) is 0 Å². The number of hydrogen-bond acceptors (Lipinski definition) is 7. The largest absolute Gasteiger partial charge is 0.497 e. The predicted octanol–water partition coefficient (Wildman–Crippen LogP) is 4.77. The van der Waals surface area contributed by atoms with Crippen molar-refractivity contribution < 1.29 is 33.2 Å². The van der Waals surface area contributed by atoms with E-state index in [2.05, 4.69) is 40.8 Å². The molecule has 1 aromatic carbocycles. The third-order valence-corrected chi connectivity index (χ3v) is 13.2. The molecule has 0 amide bonds. The van der Waals surface area contributed by atoms with Crippen molar-refractivity contribution in [2.45, 2.75) is 89.4 Å². The molecule has 200 valence electrons. The molecule has 0 unspecified atom stereocenters. The molecule has 5 atom stereocenters. The van der Waals surface area contributed by atoms with Gasteiger partial charge in [-0.1, -0.05) is 39.8 Å². The summed E-state index contributed by atoms with van der Waals surface area (Å²) in [6, 6.07) is 7.85. The summed E-state index contributed by atoms with van der Waals surface area (Å²) in [6.45, 7) is 14.6. The highest BCUT2D eigenvalue weighted by Crippen LogP contribution is 2.56. The van der Waals surface area contributed by atoms with E-state index in [1.807, 2.05) is 24.3 Å². The summed E-state index contributed by atoms with van der Waals surface area (Å²) in [6.07, 6.45) is 0.454. The van der Waals surface area contributed by atoms with Gasteiger partial charge in [-0.15, -0.1) is 0 Å². The van der Waals surface area contributed by atoms with E-state index in [-0.39, 0.29) is 23.2 Å². The van der Waals surface area contributed by atoms with E-state index in [4.69, 9.17) is 28.1 Å². The molecule has 1 aliphatic heterocycles. The maximum atomic E-state index is 11.8. The van der Waals surface area contributed by atoms with Gasteiger partial charge in [-0.05, 0) is 35.8 Å². The van der Waals surface area contributed by atoms with Gasteiger partial charge in [0.25, 0.3) is 0 Å². The minimum Gasteiger partial charge on any atom is -0.497 e. The zero-order valence-corrected chi connectivity index (χ0v) is 24.1. The predicted molar refractivity (Wildman–Crippen MR) is 138 cm³/mol. The second kappa shape index (κ2) is 10.8. The van der Waals surface area contributed by atoms with E-state index >= 15 is 0 Å². The average Bonchev–Trinajstić information content (AvgIpc) is 2.80. The van der Waals surface area contributed by atoms with Gasteiger partial charge in [-0.3, -0.25) is 0 Å². The highest BCUT2D eigenvalue weighted by atomic mass is 28.4. The second-order valence-electron chi connectivity index (χ2n) is 11.9. The van der Waals surface area contributed by atoms with Gasteiger partial charge in [0.05, 0.1) is 39.1 Å². The van der Waals surface area contributed by atoms with Gasteiger partial charge < -0.3 is 33.2 Å². The summed E-state index contributed by atoms with van der Waals surface area (Å²) in [4.78, 5) is 0. The SMILES string of the molecule is COc1ccc(COC[C@H]2[C@](C)(CC(OC)OC)[C@@H](O[Si](C)(C)C(C)(C)C)C[C@H]3OC[C@]32O)cc1. The molecular weight excluding hydrogens is 464 g/mol. The van der Waals surface area contributed by atoms with Crippen LogP contribution in [0.25, 0.3) is 0 Å². The fraction of sp³-hybridized carbons (Fsp3) is 0.778. The summed E-state index contributed by atoms with van der Waals surface area (Å²) < 4.78 is 35.7. The maximum absolute atomic E-state index is 11.8. The Morgan fingerprint density at radius 2 is 1.74 bits per heavy atom. The standard InChI is InChI=1S/C27H46O7Si/c1-25(2,3)35(8,9)34-22-14-23-27(28,18-33-23)21(26(22,4)15-24(30-6)31-7)17-32-16-19-10-12-20(29-5)13-11-19/h10-13,21-24,28H,14-18H2,1-9H3/t21-,22-,23+,26-,27+/m0/s1. The molecule has 1 aromatic rings. The van der Waals surface area contributed by atoms with Crippen molar-refractivity contribution in [2.24, 2.45) is 11.3 Å². The molecule has 7 nitrogen and oxygen atoms in total. The smallest absolute Gasteiger partial charge is 0.192 e. The quantitative estimate of drug-likeness (QED) is 0.340. The Kier molecular flexibility index (Phi) is 8.79. The molecule has 8 heteroatoms. The lowest BCUT2D eigenvalue weighted by Crippen LogP contribution is -2.74. The first-order chi connectivity index (χ1) is 16.3. The van der Waals surface area contributed by atoms with E-state index in [1.165, 1.54) is 0 Å². The molecule has 1 saturated carbocycles. The van der Waals surface area contributed by atoms with Crippen LogP contribution in [-0.2, 0) is 30.0 Å². The van der Waals surface area contributed by atoms with Gasteiger partial charge >= 0.3 is 0 Å². The molecule has 2 aliphatic rings. The molecule has 1 N–H and O–H groups in total. The molecule has 0 spiro atoms. The monoisotopic (exact) mass is 510 g/mol. The zero-order valence-electron chi connectivity index (χ0n) is 23.1. The topological polar surface area (TPSA) is 75.6 Å². The molecule has 3 rings (SSSR count). The van der Waals surface area contributed by atoms with E-state index in [1.54, 1.807) is 21.3 Å². The second-order valence-corrected chi connectivity index (χ2v) is 16.7. The van der Waals surface area contributed by atoms with Gasteiger partial charge in [0, 0.05) is 38.4 Å². The summed E-state index contributed by atoms with van der Waals surface area (Å²) in [5.74, 6) is 0.608. The van der Waals surface area contributed by atoms with Gasteiger partial charge in [-0.2, -0.15) is 0 Å². The highest BCUT2D eigenvalue weighted by molar-refractivity contribution is 6.74. The molecule has 2 fully saturated rings. The van der Waals surface area contributed by atoms with Crippen LogP contribution in [0.2, 0.25) is 18.1 Å². The number of aliphatic hydroxyl groups is 1. The number of methoxy groups -OCH3 is 3. The fourth-order valence-electron chi connectivity index (χ4n) is 5.19. The third-order valence-electron chi connectivity index (χ3n) is 8.72. The summed E-state index contributed by atoms with van der Waals surface area (Å²) in [5.41, 5.74) is -0.354. The number of hydrogen-bond donors (Lipinski definition) is 1. The lowest BCUT2D eigenvalue weighted by Gasteiger charge is -2.63. The average molecular weight is 511 g/mol. The van der Waals surface area contributed by atoms with E-state index < -0.39 is 25.6 Å². The van der Waals surface area contributed by atoms with Crippen LogP contribution in [0.15, 0.2) is 24.3 Å². The van der Waals surface area contributed by atoms with Crippen LogP contribution in [0.5, 0.6) is 5.75 Å². The van der Waals surface area contributed by atoms with E-state index in [9.17, 15) is 5.11 Å². The Morgan fingerprint density at radius 3 is 2.23 bits per heavy atom. The summed E-state index contributed by atoms with van der Waals surface area (Å²) in [7, 11) is 2.87. The Labute approximate surface area is 212 Å². The molecule has 0 radical (unpaired) electrons. The first kappa shape index (κ1) is 28.6. The molecule has 0 aromatic heterocycles. The van der Waals surface area contributed by atoms with Crippen molar-refractivity contribution in [3.8, 4) is 5.75 Å². The van der Waals surface area contributed by atoms with E-state index in [0.717, 1.165) is 11.3 Å². The van der Waals surface area contributed by atoms with Crippen molar-refractivity contribution in [1.82, 2.24) is 0 Å². The van der Waals surface area contributed by atoms with Crippen LogP contribution in [0, 0.1) is 11.3 Å². The lowest BCUT2D eigenvalue weighted by molar-refractivity contribution is -0.329. The summed E-state index contributed by atoms with van der Waals surface area (Å²) >= 11 is 0. The molecule has 1 heterocycles. The van der Waals surface area contributed by atoms with Crippen LogP contribution in [0.4, 0.5) is 0 Å². The lowest BCUT2D eigenvalue weighted by atomic mass is 9.55. The molecule has 1 aliphatic carbocycles. The fourth-order valence-corrected chi connectivity index (χ4v) is 6.62. The van der Waals surface area contributed by atoms with Gasteiger partial charge in [0.2, 0.25) is 0 Å². The Bertz CT molecular complexity index is 820. The molecule has 35 heavy (non-hydrogen) atoms. The molecule has 0 bridgehead atoms. The summed E-state index contributed by atoms with van der Waals surface area (Å²) in [5, 5.41) is 11.8. The molecular formula is C27H46O7Si. The Balaban J connectivity index is 1.88. The van der Waals surface area contributed by atoms with Crippen LogP contribution >= 0.6 is 0 Å². The van der Waals surface area contributed by atoms with Gasteiger partial charge in [0.15, 0.2) is 14.6 Å². The van der Waals surface area contributed by atoms with Crippen molar-refractivity contribution in [3.05, 3.63) is 29.8 Å². The Morgan fingerprint density at radius 1 is 1.11 bits per heavy atom. The maximum Gasteiger partial charge on any atom is 0.192 e. The number of fused-ring (bicyclic) bond motifs is 1. The highest BCUT2D eigenvalue weighted by Gasteiger charge is 2.66. The van der Waals surface area contributed by atoms with Crippen LogP contribution in [-0.4, -0.2) is 72.1 Å². The van der Waals surface area contributed by atoms with Crippen LogP contribution < -0.4 is 4.74 Å². The first-order valence-corrected chi connectivity index (χ1v) is 15.5. The number of benzene rings is 1. The third kappa shape index (κ3) is 5.79. The Hall–Kier alpha value is -1.00. The van der Waals surface area contributed by atoms with Gasteiger partial charge in [0.1, 0.15) is 11.4 Å².